The zero-order chi connectivity index (χ0) is 8.55. The van der Waals surface area contributed by atoms with Gasteiger partial charge in [0, 0.05) is 5.92 Å². The average Bonchev–Trinajstić information content (AvgIpc) is 2.40. The number of fused-ring (bicyclic) bond motifs is 1. The molecular formula is C11H12O. The van der Waals surface area contributed by atoms with Gasteiger partial charge >= 0.3 is 0 Å². The van der Waals surface area contributed by atoms with E-state index in [1.165, 1.54) is 11.1 Å². The zero-order valence-electron chi connectivity index (χ0n) is 7.16. The summed E-state index contributed by atoms with van der Waals surface area (Å²) in [5, 5.41) is 0. The lowest BCUT2D eigenvalue weighted by Gasteiger charge is -2.06. The Bertz CT molecular complexity index is 304. The summed E-state index contributed by atoms with van der Waals surface area (Å²) in [7, 11) is 0. The summed E-state index contributed by atoms with van der Waals surface area (Å²) in [5.41, 5.74) is 2.59. The van der Waals surface area contributed by atoms with Crippen molar-refractivity contribution in [1.82, 2.24) is 0 Å². The monoisotopic (exact) mass is 160 g/mol. The first-order chi connectivity index (χ1) is 5.83. The second-order valence-corrected chi connectivity index (χ2v) is 3.54. The third kappa shape index (κ3) is 0.970. The van der Waals surface area contributed by atoms with Crippen LogP contribution in [0.3, 0.4) is 0 Å². The molecule has 2 rings (SSSR count). The van der Waals surface area contributed by atoms with Crippen LogP contribution in [0.1, 0.15) is 24.0 Å². The Morgan fingerprint density at radius 2 is 2.17 bits per heavy atom. The molecule has 0 saturated heterocycles. The Balaban J connectivity index is 2.47. The van der Waals surface area contributed by atoms with Gasteiger partial charge in [-0.1, -0.05) is 31.2 Å². The van der Waals surface area contributed by atoms with E-state index >= 15 is 0 Å². The molecule has 1 aromatic carbocycles. The topological polar surface area (TPSA) is 17.1 Å². The van der Waals surface area contributed by atoms with E-state index in [1.807, 2.05) is 12.1 Å². The first kappa shape index (κ1) is 7.53. The lowest BCUT2D eigenvalue weighted by molar-refractivity contribution is -0.109. The first-order valence-electron chi connectivity index (χ1n) is 4.36. The molecule has 1 aromatic rings. The lowest BCUT2D eigenvalue weighted by atomic mass is 9.96. The van der Waals surface area contributed by atoms with E-state index in [9.17, 15) is 4.79 Å². The van der Waals surface area contributed by atoms with Crippen LogP contribution in [-0.2, 0) is 11.2 Å². The van der Waals surface area contributed by atoms with E-state index in [2.05, 4.69) is 19.1 Å². The van der Waals surface area contributed by atoms with Crippen LogP contribution in [0.25, 0.3) is 0 Å². The molecule has 1 heteroatoms. The van der Waals surface area contributed by atoms with Gasteiger partial charge in [-0.15, -0.1) is 0 Å². The summed E-state index contributed by atoms with van der Waals surface area (Å²) in [6.45, 7) is 2.14. The SMILES string of the molecule is CC1Cc2ccccc2C1C=O. The van der Waals surface area contributed by atoms with Crippen LogP contribution < -0.4 is 0 Å². The van der Waals surface area contributed by atoms with E-state index in [1.54, 1.807) is 0 Å². The molecule has 62 valence electrons. The quantitative estimate of drug-likeness (QED) is 0.575. The molecule has 2 unspecified atom stereocenters. The minimum absolute atomic E-state index is 0.140. The maximum atomic E-state index is 10.8. The normalized spacial score (nSPS) is 26.8. The summed E-state index contributed by atoms with van der Waals surface area (Å²) < 4.78 is 0. The van der Waals surface area contributed by atoms with Crippen LogP contribution >= 0.6 is 0 Å². The number of rotatable bonds is 1. The van der Waals surface area contributed by atoms with Crippen molar-refractivity contribution in [3.05, 3.63) is 35.4 Å². The highest BCUT2D eigenvalue weighted by Gasteiger charge is 2.27. The number of carbonyl (C=O) groups excluding carboxylic acids is 1. The van der Waals surface area contributed by atoms with Crippen LogP contribution in [0, 0.1) is 5.92 Å². The van der Waals surface area contributed by atoms with Crippen molar-refractivity contribution in [2.24, 2.45) is 5.92 Å². The van der Waals surface area contributed by atoms with Crippen LogP contribution in [0.15, 0.2) is 24.3 Å². The predicted octanol–water partition coefficient (Wildman–Crippen LogP) is 2.16. The minimum atomic E-state index is 0.140. The molecule has 0 saturated carbocycles. The molecule has 0 heterocycles. The van der Waals surface area contributed by atoms with Gasteiger partial charge in [0.15, 0.2) is 0 Å². The molecule has 0 spiro atoms. The highest BCUT2D eigenvalue weighted by atomic mass is 16.1. The summed E-state index contributed by atoms with van der Waals surface area (Å²) >= 11 is 0. The molecule has 2 atom stereocenters. The van der Waals surface area contributed by atoms with Gasteiger partial charge in [0.05, 0.1) is 0 Å². The molecule has 0 aromatic heterocycles. The van der Waals surface area contributed by atoms with Gasteiger partial charge in [0.2, 0.25) is 0 Å². The molecule has 0 bridgehead atoms. The molecule has 0 radical (unpaired) electrons. The Kier molecular flexibility index (Phi) is 1.72. The van der Waals surface area contributed by atoms with Gasteiger partial charge in [0.25, 0.3) is 0 Å². The van der Waals surface area contributed by atoms with Gasteiger partial charge in [0.1, 0.15) is 6.29 Å². The molecule has 0 amide bonds. The van der Waals surface area contributed by atoms with Crippen LogP contribution in [0.2, 0.25) is 0 Å². The van der Waals surface area contributed by atoms with Crippen LogP contribution in [-0.4, -0.2) is 6.29 Å². The molecule has 1 nitrogen and oxygen atoms in total. The third-order valence-corrected chi connectivity index (χ3v) is 2.72. The van der Waals surface area contributed by atoms with Crippen LogP contribution in [0.4, 0.5) is 0 Å². The van der Waals surface area contributed by atoms with Crippen LogP contribution in [0.5, 0.6) is 0 Å². The summed E-state index contributed by atoms with van der Waals surface area (Å²) in [5.74, 6) is 0.626. The Labute approximate surface area is 72.4 Å². The van der Waals surface area contributed by atoms with Gasteiger partial charge < -0.3 is 4.79 Å². The third-order valence-electron chi connectivity index (χ3n) is 2.72. The van der Waals surface area contributed by atoms with Crippen molar-refractivity contribution in [3.63, 3.8) is 0 Å². The van der Waals surface area contributed by atoms with E-state index in [0.717, 1.165) is 12.7 Å². The molecular weight excluding hydrogens is 148 g/mol. The van der Waals surface area contributed by atoms with Crippen molar-refractivity contribution in [2.75, 3.05) is 0 Å². The number of benzene rings is 1. The second-order valence-electron chi connectivity index (χ2n) is 3.54. The molecule has 0 fully saturated rings. The van der Waals surface area contributed by atoms with Gasteiger partial charge in [-0.3, -0.25) is 0 Å². The Hall–Kier alpha value is -1.11. The molecule has 12 heavy (non-hydrogen) atoms. The molecule has 1 aliphatic rings. The number of hydrogen-bond donors (Lipinski definition) is 0. The van der Waals surface area contributed by atoms with Crippen molar-refractivity contribution >= 4 is 6.29 Å². The minimum Gasteiger partial charge on any atom is -0.303 e. The highest BCUT2D eigenvalue weighted by molar-refractivity contribution is 5.65. The maximum absolute atomic E-state index is 10.8. The Morgan fingerprint density at radius 1 is 1.42 bits per heavy atom. The maximum Gasteiger partial charge on any atom is 0.127 e. The molecule has 1 aliphatic carbocycles. The first-order valence-corrected chi connectivity index (χ1v) is 4.36. The summed E-state index contributed by atoms with van der Waals surface area (Å²) in [4.78, 5) is 10.8. The Morgan fingerprint density at radius 3 is 2.92 bits per heavy atom. The smallest absolute Gasteiger partial charge is 0.127 e. The summed E-state index contributed by atoms with van der Waals surface area (Å²) in [6.07, 6.45) is 2.13. The second kappa shape index (κ2) is 2.74. The lowest BCUT2D eigenvalue weighted by Crippen LogP contribution is -2.03. The number of hydrogen-bond acceptors (Lipinski definition) is 1. The fraction of sp³-hybridized carbons (Fsp3) is 0.364. The summed E-state index contributed by atoms with van der Waals surface area (Å²) in [6, 6.07) is 8.24. The zero-order valence-corrected chi connectivity index (χ0v) is 7.16. The fourth-order valence-electron chi connectivity index (χ4n) is 2.03. The standard InChI is InChI=1S/C11H12O/c1-8-6-9-4-2-3-5-10(9)11(8)7-12/h2-5,7-8,11H,6H2,1H3. The highest BCUT2D eigenvalue weighted by Crippen LogP contribution is 2.35. The van der Waals surface area contributed by atoms with E-state index in [4.69, 9.17) is 0 Å². The largest absolute Gasteiger partial charge is 0.303 e. The average molecular weight is 160 g/mol. The van der Waals surface area contributed by atoms with Crippen molar-refractivity contribution in [1.29, 1.82) is 0 Å². The van der Waals surface area contributed by atoms with Gasteiger partial charge in [-0.2, -0.15) is 0 Å². The van der Waals surface area contributed by atoms with E-state index < -0.39 is 0 Å². The van der Waals surface area contributed by atoms with E-state index in [0.29, 0.717) is 5.92 Å². The predicted molar refractivity (Wildman–Crippen MR) is 48.1 cm³/mol. The van der Waals surface area contributed by atoms with E-state index in [-0.39, 0.29) is 5.92 Å². The van der Waals surface area contributed by atoms with Crippen molar-refractivity contribution in [2.45, 2.75) is 19.3 Å². The number of carbonyl (C=O) groups is 1. The fourth-order valence-corrected chi connectivity index (χ4v) is 2.03. The van der Waals surface area contributed by atoms with Gasteiger partial charge in [-0.05, 0) is 23.5 Å². The van der Waals surface area contributed by atoms with Crippen molar-refractivity contribution < 1.29 is 4.79 Å². The molecule has 0 N–H and O–H groups in total. The number of aldehydes is 1. The molecule has 0 aliphatic heterocycles. The van der Waals surface area contributed by atoms with Gasteiger partial charge in [-0.25, -0.2) is 0 Å². The van der Waals surface area contributed by atoms with Crippen molar-refractivity contribution in [3.8, 4) is 0 Å².